The molecule has 7 heteroatoms. The fourth-order valence-electron chi connectivity index (χ4n) is 5.32. The van der Waals surface area contributed by atoms with Gasteiger partial charge in [-0.1, -0.05) is 36.4 Å². The number of para-hydroxylation sites is 2. The molecule has 0 saturated heterocycles. The number of carbonyl (C=O) groups is 1. The molecule has 0 aliphatic carbocycles. The highest BCUT2D eigenvalue weighted by Gasteiger charge is 2.32. The summed E-state index contributed by atoms with van der Waals surface area (Å²) in [4.78, 5) is 23.9. The molecular formula is C32H30N4O3. The average molecular weight is 519 g/mol. The molecule has 5 aromatic rings. The van der Waals surface area contributed by atoms with Crippen LogP contribution in [0.2, 0.25) is 0 Å². The number of methoxy groups -OCH3 is 2. The van der Waals surface area contributed by atoms with E-state index in [9.17, 15) is 4.79 Å². The minimum absolute atomic E-state index is 0.118. The lowest BCUT2D eigenvalue weighted by Gasteiger charge is -2.19. The van der Waals surface area contributed by atoms with Crippen LogP contribution in [0.1, 0.15) is 23.6 Å². The lowest BCUT2D eigenvalue weighted by atomic mass is 10.1. The molecule has 0 atom stereocenters. The van der Waals surface area contributed by atoms with Gasteiger partial charge in [0.2, 0.25) is 0 Å². The maximum Gasteiger partial charge on any atom is 0.278 e. The van der Waals surface area contributed by atoms with Gasteiger partial charge in [0, 0.05) is 58.4 Å². The molecule has 1 aliphatic rings. The summed E-state index contributed by atoms with van der Waals surface area (Å²) in [6.45, 7) is 3.44. The number of carbonyl (C=O) groups excluding carboxylic acids is 1. The maximum absolute atomic E-state index is 13.9. The second-order valence-electron chi connectivity index (χ2n) is 9.49. The average Bonchev–Trinajstić information content (AvgIpc) is 3.65. The number of amides is 1. The zero-order chi connectivity index (χ0) is 26.9. The van der Waals surface area contributed by atoms with Crippen LogP contribution in [0.25, 0.3) is 27.9 Å². The van der Waals surface area contributed by atoms with E-state index in [1.807, 2.05) is 54.7 Å². The number of rotatable bonds is 8. The summed E-state index contributed by atoms with van der Waals surface area (Å²) in [5.41, 5.74) is 5.56. The van der Waals surface area contributed by atoms with Crippen LogP contribution in [0.5, 0.6) is 11.5 Å². The van der Waals surface area contributed by atoms with Crippen LogP contribution in [-0.2, 0) is 17.8 Å². The van der Waals surface area contributed by atoms with Crippen LogP contribution < -0.4 is 9.47 Å². The van der Waals surface area contributed by atoms with Gasteiger partial charge in [-0.15, -0.1) is 0 Å². The molecule has 1 aliphatic heterocycles. The van der Waals surface area contributed by atoms with Gasteiger partial charge in [-0.2, -0.15) is 0 Å². The van der Waals surface area contributed by atoms with Crippen LogP contribution in [0.4, 0.5) is 0 Å². The summed E-state index contributed by atoms with van der Waals surface area (Å²) in [7, 11) is 3.21. The molecule has 6 rings (SSSR count). The van der Waals surface area contributed by atoms with E-state index in [2.05, 4.69) is 46.9 Å². The number of fused-ring (bicyclic) bond motifs is 2. The lowest BCUT2D eigenvalue weighted by molar-refractivity contribution is -0.122. The number of aromatic amines is 1. The first kappa shape index (κ1) is 24.6. The number of hydrogen-bond donors (Lipinski definition) is 1. The molecule has 7 nitrogen and oxygen atoms in total. The number of aromatic nitrogens is 2. The van der Waals surface area contributed by atoms with Gasteiger partial charge in [-0.05, 0) is 55.3 Å². The van der Waals surface area contributed by atoms with E-state index in [0.29, 0.717) is 36.0 Å². The molecular weight excluding hydrogens is 488 g/mol. The molecule has 3 heterocycles. The van der Waals surface area contributed by atoms with Crippen molar-refractivity contribution in [2.75, 3.05) is 20.8 Å². The highest BCUT2D eigenvalue weighted by atomic mass is 16.5. The molecule has 0 unspecified atom stereocenters. The Morgan fingerprint density at radius 1 is 0.949 bits per heavy atom. The van der Waals surface area contributed by atoms with Gasteiger partial charge in [-0.3, -0.25) is 9.69 Å². The molecule has 0 saturated carbocycles. The number of aryl methyl sites for hydroxylation is 1. The summed E-state index contributed by atoms with van der Waals surface area (Å²) in [6.07, 6.45) is 6.70. The fourth-order valence-corrected chi connectivity index (χ4v) is 5.32. The van der Waals surface area contributed by atoms with Gasteiger partial charge >= 0.3 is 0 Å². The van der Waals surface area contributed by atoms with Crippen molar-refractivity contribution >= 4 is 39.6 Å². The van der Waals surface area contributed by atoms with Gasteiger partial charge in [-0.25, -0.2) is 4.99 Å². The number of H-pyrrole nitrogens is 1. The van der Waals surface area contributed by atoms with Gasteiger partial charge in [0.05, 0.1) is 14.2 Å². The molecule has 0 fully saturated rings. The zero-order valence-electron chi connectivity index (χ0n) is 22.3. The van der Waals surface area contributed by atoms with Crippen molar-refractivity contribution in [3.05, 3.63) is 102 Å². The van der Waals surface area contributed by atoms with Gasteiger partial charge in [0.1, 0.15) is 11.5 Å². The van der Waals surface area contributed by atoms with Crippen molar-refractivity contribution < 1.29 is 14.3 Å². The first-order valence-corrected chi connectivity index (χ1v) is 13.1. The summed E-state index contributed by atoms with van der Waals surface area (Å²) >= 11 is 0. The van der Waals surface area contributed by atoms with E-state index in [1.165, 1.54) is 0 Å². The molecule has 1 amide bonds. The second-order valence-corrected chi connectivity index (χ2v) is 9.49. The number of ether oxygens (including phenoxy) is 2. The Hall–Kier alpha value is -4.78. The van der Waals surface area contributed by atoms with Crippen molar-refractivity contribution in [1.82, 2.24) is 14.5 Å². The molecule has 0 spiro atoms. The normalized spacial score (nSPS) is 14.5. The molecule has 196 valence electrons. The third-order valence-electron chi connectivity index (χ3n) is 7.32. The predicted octanol–water partition coefficient (Wildman–Crippen LogP) is 6.03. The number of amidine groups is 1. The minimum atomic E-state index is -0.118. The monoisotopic (exact) mass is 518 g/mol. The van der Waals surface area contributed by atoms with E-state index in [0.717, 1.165) is 45.0 Å². The molecule has 2 aromatic heterocycles. The third-order valence-corrected chi connectivity index (χ3v) is 7.32. The van der Waals surface area contributed by atoms with Gasteiger partial charge in [0.15, 0.2) is 11.5 Å². The van der Waals surface area contributed by atoms with E-state index in [4.69, 9.17) is 14.5 Å². The summed E-state index contributed by atoms with van der Waals surface area (Å²) in [5, 5.41) is 2.26. The number of nitrogens with zero attached hydrogens (tertiary/aromatic N) is 3. The lowest BCUT2D eigenvalue weighted by Crippen LogP contribution is -2.34. The quantitative estimate of drug-likeness (QED) is 0.255. The van der Waals surface area contributed by atoms with Crippen LogP contribution >= 0.6 is 0 Å². The topological polar surface area (TPSA) is 71.8 Å². The van der Waals surface area contributed by atoms with E-state index in [1.54, 1.807) is 19.1 Å². The van der Waals surface area contributed by atoms with E-state index < -0.39 is 0 Å². The Balaban J connectivity index is 1.41. The summed E-state index contributed by atoms with van der Waals surface area (Å²) in [5.74, 6) is 1.70. The SMILES string of the molecule is CCn1cc(/C=C2\N=C(c3ccc(OC)c(OC)c3)N(CCc3c[nH]c4ccccc34)C2=O)c2ccccc21. The second kappa shape index (κ2) is 10.2. The Labute approximate surface area is 227 Å². The van der Waals surface area contributed by atoms with E-state index in [-0.39, 0.29) is 5.91 Å². The molecule has 1 N–H and O–H groups in total. The first-order chi connectivity index (χ1) is 19.1. The van der Waals surface area contributed by atoms with Crippen molar-refractivity contribution in [1.29, 1.82) is 0 Å². The van der Waals surface area contributed by atoms with E-state index >= 15 is 0 Å². The van der Waals surface area contributed by atoms with Crippen LogP contribution in [-0.4, -0.2) is 47.0 Å². The van der Waals surface area contributed by atoms with Gasteiger partial charge in [0.25, 0.3) is 5.91 Å². The number of hydrogen-bond acceptors (Lipinski definition) is 4. The van der Waals surface area contributed by atoms with Crippen molar-refractivity contribution in [2.45, 2.75) is 19.9 Å². The molecule has 3 aromatic carbocycles. The van der Waals surface area contributed by atoms with Gasteiger partial charge < -0.3 is 19.0 Å². The van der Waals surface area contributed by atoms with Crippen LogP contribution in [0.3, 0.4) is 0 Å². The molecule has 39 heavy (non-hydrogen) atoms. The predicted molar refractivity (Wildman–Crippen MR) is 155 cm³/mol. The molecule has 0 radical (unpaired) electrons. The number of nitrogens with one attached hydrogen (secondary N) is 1. The van der Waals surface area contributed by atoms with Crippen molar-refractivity contribution in [3.8, 4) is 11.5 Å². The number of aliphatic imine (C=N–C) groups is 1. The number of benzene rings is 3. The Morgan fingerprint density at radius 2 is 1.72 bits per heavy atom. The maximum atomic E-state index is 13.9. The highest BCUT2D eigenvalue weighted by Crippen LogP contribution is 2.32. The smallest absolute Gasteiger partial charge is 0.278 e. The Morgan fingerprint density at radius 3 is 2.51 bits per heavy atom. The van der Waals surface area contributed by atoms with Crippen molar-refractivity contribution in [3.63, 3.8) is 0 Å². The van der Waals surface area contributed by atoms with Crippen LogP contribution in [0.15, 0.2) is 89.8 Å². The Kier molecular flexibility index (Phi) is 6.40. The molecule has 0 bridgehead atoms. The summed E-state index contributed by atoms with van der Waals surface area (Å²) in [6, 6.07) is 22.1. The highest BCUT2D eigenvalue weighted by molar-refractivity contribution is 6.20. The minimum Gasteiger partial charge on any atom is -0.493 e. The Bertz CT molecular complexity index is 1760. The first-order valence-electron chi connectivity index (χ1n) is 13.1. The third kappa shape index (κ3) is 4.36. The summed E-state index contributed by atoms with van der Waals surface area (Å²) < 4.78 is 13.2. The zero-order valence-corrected chi connectivity index (χ0v) is 22.3. The van der Waals surface area contributed by atoms with Crippen molar-refractivity contribution in [2.24, 2.45) is 4.99 Å². The van der Waals surface area contributed by atoms with Crippen LogP contribution in [0, 0.1) is 0 Å². The fraction of sp³-hybridized carbons (Fsp3) is 0.188. The largest absolute Gasteiger partial charge is 0.493 e. The standard InChI is InChI=1S/C32H30N4O3/c1-4-35-20-23(25-10-6-8-12-28(25)35)17-27-32(37)36(16-15-22-19-33-26-11-7-5-9-24(22)26)31(34-27)21-13-14-29(38-2)30(18-21)39-3/h5-14,17-20,33H,4,15-16H2,1-3H3/b27-17-.